The summed E-state index contributed by atoms with van der Waals surface area (Å²) in [5.41, 5.74) is 0.00311. The molecule has 1 fully saturated rings. The molecule has 0 aliphatic carbocycles. The maximum Gasteiger partial charge on any atom is 0.417 e. The highest BCUT2D eigenvalue weighted by Crippen LogP contribution is 2.40. The van der Waals surface area contributed by atoms with Crippen molar-refractivity contribution in [3.63, 3.8) is 0 Å². The third-order valence-electron chi connectivity index (χ3n) is 6.91. The van der Waals surface area contributed by atoms with Crippen LogP contribution in [0, 0.1) is 5.92 Å². The molecular formula is C23H22F6N6O3. The molecule has 1 unspecified atom stereocenters. The number of pyridine rings is 1. The first kappa shape index (κ1) is 26.1. The number of ether oxygens (including phenoxy) is 1. The summed E-state index contributed by atoms with van der Waals surface area (Å²) in [7, 11) is 0. The van der Waals surface area contributed by atoms with Crippen LogP contribution in [0.3, 0.4) is 0 Å². The van der Waals surface area contributed by atoms with E-state index >= 15 is 0 Å². The minimum Gasteiger partial charge on any atom is -0.379 e. The zero-order chi connectivity index (χ0) is 27.2. The van der Waals surface area contributed by atoms with Gasteiger partial charge in [0.25, 0.3) is 5.91 Å². The second-order valence-electron chi connectivity index (χ2n) is 9.28. The van der Waals surface area contributed by atoms with Crippen molar-refractivity contribution in [2.24, 2.45) is 16.1 Å². The summed E-state index contributed by atoms with van der Waals surface area (Å²) >= 11 is 0. The van der Waals surface area contributed by atoms with E-state index in [9.17, 15) is 35.9 Å². The Morgan fingerprint density at radius 2 is 1.89 bits per heavy atom. The van der Waals surface area contributed by atoms with Crippen LogP contribution in [0.1, 0.15) is 24.1 Å². The van der Waals surface area contributed by atoms with Crippen LogP contribution < -0.4 is 0 Å². The predicted octanol–water partition coefficient (Wildman–Crippen LogP) is 3.89. The van der Waals surface area contributed by atoms with Gasteiger partial charge in [-0.2, -0.15) is 31.5 Å². The highest BCUT2D eigenvalue weighted by Gasteiger charge is 2.52. The van der Waals surface area contributed by atoms with E-state index < -0.39 is 29.7 Å². The first-order valence-corrected chi connectivity index (χ1v) is 11.8. The molecule has 9 nitrogen and oxygen atoms in total. The lowest BCUT2D eigenvalue weighted by atomic mass is 9.95. The van der Waals surface area contributed by atoms with Crippen LogP contribution in [0.25, 0.3) is 11.0 Å². The van der Waals surface area contributed by atoms with Crippen molar-refractivity contribution in [2.45, 2.75) is 44.3 Å². The SMILES string of the molecule is O=C1N=NC=C(N2CC[C@H]2COCCC(=O)N2CCn3c(cc4cc(C(F)(F)F)cnc43)C2)C1C(F)(F)F. The van der Waals surface area contributed by atoms with Gasteiger partial charge in [0.2, 0.25) is 5.91 Å². The summed E-state index contributed by atoms with van der Waals surface area (Å²) in [5, 5.41) is 6.74. The topological polar surface area (TPSA) is 92.4 Å². The van der Waals surface area contributed by atoms with Crippen molar-refractivity contribution in [3.05, 3.63) is 41.5 Å². The number of halogens is 6. The second kappa shape index (κ2) is 9.67. The Morgan fingerprint density at radius 3 is 2.58 bits per heavy atom. The Morgan fingerprint density at radius 1 is 1.11 bits per heavy atom. The van der Waals surface area contributed by atoms with Crippen LogP contribution in [0.5, 0.6) is 0 Å². The average Bonchev–Trinajstić information content (AvgIpc) is 3.18. The lowest BCUT2D eigenvalue weighted by Crippen LogP contribution is -2.53. The zero-order valence-electron chi connectivity index (χ0n) is 19.8. The van der Waals surface area contributed by atoms with Gasteiger partial charge in [-0.3, -0.25) is 9.59 Å². The Hall–Kier alpha value is -3.49. The van der Waals surface area contributed by atoms with Gasteiger partial charge in [-0.15, -0.1) is 5.11 Å². The first-order valence-electron chi connectivity index (χ1n) is 11.8. The highest BCUT2D eigenvalue weighted by molar-refractivity contribution is 5.83. The lowest BCUT2D eigenvalue weighted by Gasteiger charge is -2.45. The molecule has 5 heterocycles. The largest absolute Gasteiger partial charge is 0.417 e. The maximum atomic E-state index is 13.4. The molecule has 0 saturated carbocycles. The van der Waals surface area contributed by atoms with E-state index in [0.29, 0.717) is 42.8 Å². The number of hydrogen-bond donors (Lipinski definition) is 0. The van der Waals surface area contributed by atoms with Crippen molar-refractivity contribution in [1.29, 1.82) is 0 Å². The Balaban J connectivity index is 1.13. The lowest BCUT2D eigenvalue weighted by molar-refractivity contribution is -0.179. The number of likely N-dealkylation sites (tertiary alicyclic amines) is 1. The van der Waals surface area contributed by atoms with Crippen LogP contribution in [0.4, 0.5) is 26.3 Å². The minimum atomic E-state index is -4.79. The Kier molecular flexibility index (Phi) is 6.65. The molecule has 2 amide bonds. The van der Waals surface area contributed by atoms with E-state index in [4.69, 9.17) is 4.74 Å². The summed E-state index contributed by atoms with van der Waals surface area (Å²) in [6.45, 7) is 1.37. The molecule has 2 aromatic rings. The minimum absolute atomic E-state index is 0.0317. The molecule has 0 radical (unpaired) electrons. The van der Waals surface area contributed by atoms with Crippen molar-refractivity contribution in [3.8, 4) is 0 Å². The fourth-order valence-electron chi connectivity index (χ4n) is 4.89. The molecule has 1 saturated heterocycles. The van der Waals surface area contributed by atoms with Gasteiger partial charge in [0.1, 0.15) is 5.65 Å². The van der Waals surface area contributed by atoms with Gasteiger partial charge in [0.05, 0.1) is 49.7 Å². The fourth-order valence-corrected chi connectivity index (χ4v) is 4.89. The molecule has 38 heavy (non-hydrogen) atoms. The number of fused-ring (bicyclic) bond motifs is 3. The van der Waals surface area contributed by atoms with E-state index in [2.05, 4.69) is 15.2 Å². The fraction of sp³-hybridized carbons (Fsp3) is 0.522. The molecule has 15 heteroatoms. The second-order valence-corrected chi connectivity index (χ2v) is 9.28. The smallest absolute Gasteiger partial charge is 0.379 e. The van der Waals surface area contributed by atoms with Crippen LogP contribution in [0.2, 0.25) is 0 Å². The number of azo groups is 1. The van der Waals surface area contributed by atoms with Crippen LogP contribution in [0.15, 0.2) is 40.5 Å². The predicted molar refractivity (Wildman–Crippen MR) is 118 cm³/mol. The Labute approximate surface area is 211 Å². The third-order valence-corrected chi connectivity index (χ3v) is 6.91. The van der Waals surface area contributed by atoms with Crippen molar-refractivity contribution < 1.29 is 40.7 Å². The van der Waals surface area contributed by atoms with Gasteiger partial charge in [0.15, 0.2) is 5.92 Å². The average molecular weight is 544 g/mol. The number of aromatic nitrogens is 2. The molecule has 0 spiro atoms. The Bertz CT molecular complexity index is 1320. The van der Waals surface area contributed by atoms with Crippen molar-refractivity contribution in [2.75, 3.05) is 26.3 Å². The van der Waals surface area contributed by atoms with Crippen LogP contribution in [-0.4, -0.2) is 69.7 Å². The van der Waals surface area contributed by atoms with Crippen LogP contribution in [-0.2, 0) is 33.6 Å². The molecule has 2 aromatic heterocycles. The van der Waals surface area contributed by atoms with E-state index in [-0.39, 0.29) is 43.8 Å². The number of carbonyl (C=O) groups excluding carboxylic acids is 2. The number of amides is 2. The zero-order valence-corrected chi connectivity index (χ0v) is 19.8. The van der Waals surface area contributed by atoms with Gasteiger partial charge in [0, 0.05) is 36.9 Å². The van der Waals surface area contributed by atoms with Crippen LogP contribution >= 0.6 is 0 Å². The number of hydrogen-bond acceptors (Lipinski definition) is 6. The molecule has 0 bridgehead atoms. The molecule has 3 aliphatic heterocycles. The van der Waals surface area contributed by atoms with Gasteiger partial charge in [-0.1, -0.05) is 0 Å². The molecule has 0 aromatic carbocycles. The van der Waals surface area contributed by atoms with Gasteiger partial charge >= 0.3 is 12.4 Å². The van der Waals surface area contributed by atoms with Crippen molar-refractivity contribution in [1.82, 2.24) is 19.4 Å². The monoisotopic (exact) mass is 544 g/mol. The molecule has 2 atom stereocenters. The number of nitrogens with zero attached hydrogens (tertiary/aromatic N) is 6. The summed E-state index contributed by atoms with van der Waals surface area (Å²) in [4.78, 5) is 31.4. The highest BCUT2D eigenvalue weighted by atomic mass is 19.4. The molecule has 3 aliphatic rings. The van der Waals surface area contributed by atoms with E-state index in [1.807, 2.05) is 0 Å². The first-order chi connectivity index (χ1) is 17.9. The van der Waals surface area contributed by atoms with E-state index in [1.54, 1.807) is 15.5 Å². The maximum absolute atomic E-state index is 13.4. The number of carbonyl (C=O) groups is 2. The number of rotatable bonds is 6. The molecular weight excluding hydrogens is 522 g/mol. The van der Waals surface area contributed by atoms with E-state index in [0.717, 1.165) is 18.5 Å². The van der Waals surface area contributed by atoms with Gasteiger partial charge < -0.3 is 19.1 Å². The molecule has 0 N–H and O–H groups in total. The van der Waals surface area contributed by atoms with Gasteiger partial charge in [-0.05, 0) is 18.6 Å². The number of alkyl halides is 6. The molecule has 5 rings (SSSR count). The summed E-state index contributed by atoms with van der Waals surface area (Å²) in [6, 6.07) is 2.25. The summed E-state index contributed by atoms with van der Waals surface area (Å²) < 4.78 is 86.5. The van der Waals surface area contributed by atoms with E-state index in [1.165, 1.54) is 4.90 Å². The molecule has 204 valence electrons. The standard InChI is InChI=1S/C23H22F6N6O3/c24-22(25,26)14-7-13-8-16-11-33(4-5-35(16)20(13)30-9-14)18(36)2-6-38-12-15-1-3-34(15)17-10-31-32-21(37)19(17)23(27,28)29/h7-10,15,19H,1-6,11-12H2/t15-,19?/m0/s1. The van der Waals surface area contributed by atoms with Crippen molar-refractivity contribution >= 4 is 22.8 Å². The van der Waals surface area contributed by atoms with Gasteiger partial charge in [-0.25, -0.2) is 4.98 Å². The normalized spacial score (nSPS) is 21.9. The third kappa shape index (κ3) is 4.98. The summed E-state index contributed by atoms with van der Waals surface area (Å²) in [6.07, 6.45) is -6.95. The summed E-state index contributed by atoms with van der Waals surface area (Å²) in [5.74, 6) is -3.92. The quantitative estimate of drug-likeness (QED) is 0.407.